The molecule has 1 saturated heterocycles. The van der Waals surface area contributed by atoms with Gasteiger partial charge in [-0.15, -0.1) is 0 Å². The number of halogens is 2. The zero-order valence-corrected chi connectivity index (χ0v) is 10.3. The highest BCUT2D eigenvalue weighted by atomic mass is 19.3. The van der Waals surface area contributed by atoms with Gasteiger partial charge in [0, 0.05) is 19.1 Å². The smallest absolute Gasteiger partial charge is 0.253 e. The van der Waals surface area contributed by atoms with Gasteiger partial charge in [0.25, 0.3) is 6.43 Å². The summed E-state index contributed by atoms with van der Waals surface area (Å²) in [6, 6.07) is 7.18. The first kappa shape index (κ1) is 13.2. The van der Waals surface area contributed by atoms with Crippen LogP contribution < -0.4 is 15.4 Å². The summed E-state index contributed by atoms with van der Waals surface area (Å²) in [5.41, 5.74) is 1.12. The predicted octanol–water partition coefficient (Wildman–Crippen LogP) is 1.78. The van der Waals surface area contributed by atoms with E-state index in [1.807, 2.05) is 24.3 Å². The van der Waals surface area contributed by atoms with Gasteiger partial charge in [-0.3, -0.25) is 0 Å². The zero-order chi connectivity index (χ0) is 13.0. The predicted molar refractivity (Wildman–Crippen MR) is 66.0 cm³/mol. The average Bonchev–Trinajstić information content (AvgIpc) is 2.86. The van der Waals surface area contributed by atoms with Crippen molar-refractivity contribution in [2.75, 3.05) is 13.7 Å². The highest BCUT2D eigenvalue weighted by Gasteiger charge is 2.29. The van der Waals surface area contributed by atoms with Gasteiger partial charge in [-0.2, -0.15) is 0 Å². The minimum Gasteiger partial charge on any atom is -0.497 e. The van der Waals surface area contributed by atoms with Crippen LogP contribution in [-0.4, -0.2) is 32.2 Å². The van der Waals surface area contributed by atoms with Gasteiger partial charge < -0.3 is 15.4 Å². The number of hydrogen-bond acceptors (Lipinski definition) is 3. The molecule has 0 aliphatic carbocycles. The summed E-state index contributed by atoms with van der Waals surface area (Å²) in [6.07, 6.45) is -1.80. The van der Waals surface area contributed by atoms with Crippen LogP contribution in [0.4, 0.5) is 8.78 Å². The Morgan fingerprint density at radius 3 is 2.67 bits per heavy atom. The number of nitrogens with one attached hydrogen (secondary N) is 2. The molecule has 2 atom stereocenters. The molecule has 0 spiro atoms. The number of alkyl halides is 2. The van der Waals surface area contributed by atoms with Gasteiger partial charge in [-0.25, -0.2) is 8.78 Å². The summed E-state index contributed by atoms with van der Waals surface area (Å²) in [5.74, 6) is 0.819. The van der Waals surface area contributed by atoms with Crippen LogP contribution in [0.5, 0.6) is 5.75 Å². The van der Waals surface area contributed by atoms with Gasteiger partial charge >= 0.3 is 0 Å². The Kier molecular flexibility index (Phi) is 4.49. The zero-order valence-electron chi connectivity index (χ0n) is 10.3. The summed E-state index contributed by atoms with van der Waals surface area (Å²) in [5, 5.41) is 6.11. The molecule has 2 N–H and O–H groups in total. The highest BCUT2D eigenvalue weighted by molar-refractivity contribution is 5.27. The molecule has 0 amide bonds. The maximum Gasteiger partial charge on any atom is 0.253 e. The molecule has 0 bridgehead atoms. The Bertz CT molecular complexity index is 370. The number of ether oxygens (including phenoxy) is 1. The van der Waals surface area contributed by atoms with E-state index in [1.165, 1.54) is 0 Å². The molecule has 3 nitrogen and oxygen atoms in total. The van der Waals surface area contributed by atoms with Crippen molar-refractivity contribution < 1.29 is 13.5 Å². The van der Waals surface area contributed by atoms with Crippen molar-refractivity contribution in [2.45, 2.75) is 31.5 Å². The van der Waals surface area contributed by atoms with Crippen LogP contribution in [0.2, 0.25) is 0 Å². The first-order valence-electron chi connectivity index (χ1n) is 6.07. The molecule has 1 aliphatic rings. The van der Waals surface area contributed by atoms with E-state index in [4.69, 9.17) is 4.74 Å². The van der Waals surface area contributed by atoms with E-state index in [9.17, 15) is 8.78 Å². The first-order chi connectivity index (χ1) is 8.69. The molecule has 1 aromatic rings. The lowest BCUT2D eigenvalue weighted by molar-refractivity contribution is 0.106. The molecule has 1 aromatic carbocycles. The van der Waals surface area contributed by atoms with Crippen LogP contribution >= 0.6 is 0 Å². The lowest BCUT2D eigenvalue weighted by Crippen LogP contribution is -2.30. The summed E-state index contributed by atoms with van der Waals surface area (Å²) in [7, 11) is 1.63. The van der Waals surface area contributed by atoms with E-state index in [0.717, 1.165) is 11.3 Å². The average molecular weight is 256 g/mol. The molecule has 0 aromatic heterocycles. The molecular formula is C13H18F2N2O. The van der Waals surface area contributed by atoms with Crippen molar-refractivity contribution in [3.8, 4) is 5.75 Å². The van der Waals surface area contributed by atoms with Gasteiger partial charge in [-0.05, 0) is 24.1 Å². The fourth-order valence-corrected chi connectivity index (χ4v) is 2.12. The van der Waals surface area contributed by atoms with Crippen molar-refractivity contribution in [1.82, 2.24) is 10.6 Å². The molecule has 2 rings (SSSR count). The lowest BCUT2D eigenvalue weighted by atomic mass is 10.1. The molecule has 1 heterocycles. The van der Waals surface area contributed by atoms with Crippen LogP contribution in [0.1, 0.15) is 12.0 Å². The van der Waals surface area contributed by atoms with Crippen molar-refractivity contribution >= 4 is 0 Å². The topological polar surface area (TPSA) is 33.3 Å². The second-order valence-corrected chi connectivity index (χ2v) is 4.51. The molecule has 100 valence electrons. The first-order valence-corrected chi connectivity index (χ1v) is 6.07. The lowest BCUT2D eigenvalue weighted by Gasteiger charge is -2.12. The van der Waals surface area contributed by atoms with Crippen molar-refractivity contribution in [1.29, 1.82) is 0 Å². The summed E-state index contributed by atoms with van der Waals surface area (Å²) in [6.45, 7) is 1.29. The van der Waals surface area contributed by atoms with E-state index in [0.29, 0.717) is 19.5 Å². The standard InChI is InChI=1S/C13H18F2N2O/c1-18-11-4-2-9(3-5-11)7-16-10-6-12(13(14)15)17-8-10/h2-5,10,12-13,16-17H,6-8H2,1H3/t10-,12-/m0/s1. The minimum absolute atomic E-state index is 0.117. The van der Waals surface area contributed by atoms with E-state index >= 15 is 0 Å². The fraction of sp³-hybridized carbons (Fsp3) is 0.538. The molecular weight excluding hydrogens is 238 g/mol. The van der Waals surface area contributed by atoms with Gasteiger partial charge in [0.1, 0.15) is 5.75 Å². The van der Waals surface area contributed by atoms with E-state index in [2.05, 4.69) is 10.6 Å². The Morgan fingerprint density at radius 1 is 1.39 bits per heavy atom. The molecule has 1 aliphatic heterocycles. The van der Waals surface area contributed by atoms with Gasteiger partial charge in [0.05, 0.1) is 13.2 Å². The molecule has 5 heteroatoms. The second-order valence-electron chi connectivity index (χ2n) is 4.51. The Hall–Kier alpha value is -1.20. The monoisotopic (exact) mass is 256 g/mol. The Labute approximate surface area is 106 Å². The third-order valence-electron chi connectivity index (χ3n) is 3.22. The Morgan fingerprint density at radius 2 is 2.11 bits per heavy atom. The number of methoxy groups -OCH3 is 1. The van der Waals surface area contributed by atoms with Gasteiger partial charge in [0.15, 0.2) is 0 Å². The van der Waals surface area contributed by atoms with Crippen LogP contribution in [0, 0.1) is 0 Å². The highest BCUT2D eigenvalue weighted by Crippen LogP contribution is 2.15. The van der Waals surface area contributed by atoms with Crippen LogP contribution in [0.15, 0.2) is 24.3 Å². The van der Waals surface area contributed by atoms with Crippen LogP contribution in [0.25, 0.3) is 0 Å². The summed E-state index contributed by atoms with van der Waals surface area (Å²) in [4.78, 5) is 0. The largest absolute Gasteiger partial charge is 0.497 e. The maximum atomic E-state index is 12.5. The summed E-state index contributed by atoms with van der Waals surface area (Å²) >= 11 is 0. The number of rotatable bonds is 5. The second kappa shape index (κ2) is 6.11. The van der Waals surface area contributed by atoms with E-state index in [1.54, 1.807) is 7.11 Å². The minimum atomic E-state index is -2.28. The molecule has 0 unspecified atom stereocenters. The van der Waals surface area contributed by atoms with Gasteiger partial charge in [-0.1, -0.05) is 12.1 Å². The van der Waals surface area contributed by atoms with Crippen LogP contribution in [-0.2, 0) is 6.54 Å². The van der Waals surface area contributed by atoms with Crippen molar-refractivity contribution in [3.05, 3.63) is 29.8 Å². The van der Waals surface area contributed by atoms with E-state index < -0.39 is 12.5 Å². The van der Waals surface area contributed by atoms with Crippen LogP contribution in [0.3, 0.4) is 0 Å². The molecule has 18 heavy (non-hydrogen) atoms. The third kappa shape index (κ3) is 3.40. The molecule has 0 saturated carbocycles. The van der Waals surface area contributed by atoms with E-state index in [-0.39, 0.29) is 6.04 Å². The number of hydrogen-bond donors (Lipinski definition) is 2. The SMILES string of the molecule is COc1ccc(CN[C@@H]2CN[C@H](C(F)F)C2)cc1. The molecule has 1 fully saturated rings. The third-order valence-corrected chi connectivity index (χ3v) is 3.22. The van der Waals surface area contributed by atoms with Gasteiger partial charge in [0.2, 0.25) is 0 Å². The Balaban J connectivity index is 1.78. The normalized spacial score (nSPS) is 23.6. The quantitative estimate of drug-likeness (QED) is 0.842. The van der Waals surface area contributed by atoms with Crippen molar-refractivity contribution in [3.63, 3.8) is 0 Å². The fourth-order valence-electron chi connectivity index (χ4n) is 2.12. The maximum absolute atomic E-state index is 12.5. The summed E-state index contributed by atoms with van der Waals surface area (Å²) < 4.78 is 30.0. The molecule has 0 radical (unpaired) electrons. The van der Waals surface area contributed by atoms with Crippen molar-refractivity contribution in [2.24, 2.45) is 0 Å². The number of benzene rings is 1.